The number of hydrogen-bond acceptors (Lipinski definition) is 2. The summed E-state index contributed by atoms with van der Waals surface area (Å²) in [6.07, 6.45) is 4.41. The van der Waals surface area contributed by atoms with E-state index in [-0.39, 0.29) is 0 Å². The Morgan fingerprint density at radius 1 is 0.909 bits per heavy atom. The van der Waals surface area contributed by atoms with E-state index >= 15 is 0 Å². The molecule has 0 spiro atoms. The molecule has 0 atom stereocenters. The molecule has 1 aliphatic rings. The number of rotatable bonds is 3. The molecule has 1 saturated heterocycles. The van der Waals surface area contributed by atoms with Gasteiger partial charge in [-0.2, -0.15) is 0 Å². The minimum absolute atomic E-state index is 0.635. The molecule has 0 bridgehead atoms. The highest BCUT2D eigenvalue weighted by atomic mass is 16.3. The average Bonchev–Trinajstić information content (AvgIpc) is 3.01. The summed E-state index contributed by atoms with van der Waals surface area (Å²) in [5.74, 6) is 0.635. The topological polar surface area (TPSA) is 16.4 Å². The van der Waals surface area contributed by atoms with Crippen LogP contribution in [0.5, 0.6) is 0 Å². The van der Waals surface area contributed by atoms with Crippen molar-refractivity contribution in [2.75, 3.05) is 13.1 Å². The molecule has 0 amide bonds. The van der Waals surface area contributed by atoms with Crippen molar-refractivity contribution in [3.05, 3.63) is 72.0 Å². The van der Waals surface area contributed by atoms with Crippen LogP contribution in [0.3, 0.4) is 0 Å². The number of nitrogens with zero attached hydrogens (tertiary/aromatic N) is 1. The van der Waals surface area contributed by atoms with Crippen LogP contribution < -0.4 is 0 Å². The second-order valence-electron chi connectivity index (χ2n) is 6.22. The molecule has 2 heterocycles. The Labute approximate surface area is 131 Å². The fourth-order valence-corrected chi connectivity index (χ4v) is 3.56. The Balaban J connectivity index is 1.43. The van der Waals surface area contributed by atoms with E-state index in [1.165, 1.54) is 42.4 Å². The zero-order valence-corrected chi connectivity index (χ0v) is 12.7. The van der Waals surface area contributed by atoms with Crippen LogP contribution in [0.15, 0.2) is 65.3 Å². The fraction of sp³-hybridized carbons (Fsp3) is 0.300. The summed E-state index contributed by atoms with van der Waals surface area (Å²) in [6.45, 7) is 3.40. The summed E-state index contributed by atoms with van der Waals surface area (Å²) in [7, 11) is 0. The molecule has 1 aromatic heterocycles. The number of benzene rings is 2. The first-order chi connectivity index (χ1) is 10.9. The third-order valence-corrected chi connectivity index (χ3v) is 4.79. The zero-order valence-electron chi connectivity index (χ0n) is 12.7. The van der Waals surface area contributed by atoms with Gasteiger partial charge in [0.25, 0.3) is 0 Å². The molecule has 3 aromatic rings. The van der Waals surface area contributed by atoms with Gasteiger partial charge in [-0.1, -0.05) is 48.5 Å². The van der Waals surface area contributed by atoms with Gasteiger partial charge in [-0.05, 0) is 43.5 Å². The third kappa shape index (κ3) is 2.67. The van der Waals surface area contributed by atoms with E-state index in [0.29, 0.717) is 5.92 Å². The van der Waals surface area contributed by atoms with Crippen molar-refractivity contribution in [1.29, 1.82) is 0 Å². The van der Waals surface area contributed by atoms with E-state index in [4.69, 9.17) is 4.42 Å². The van der Waals surface area contributed by atoms with Crippen molar-refractivity contribution in [2.24, 2.45) is 0 Å². The number of piperidine rings is 1. The van der Waals surface area contributed by atoms with Gasteiger partial charge < -0.3 is 4.42 Å². The maximum Gasteiger partial charge on any atom is 0.134 e. The van der Waals surface area contributed by atoms with Crippen molar-refractivity contribution in [1.82, 2.24) is 4.90 Å². The molecule has 4 rings (SSSR count). The van der Waals surface area contributed by atoms with Crippen LogP contribution >= 0.6 is 0 Å². The van der Waals surface area contributed by atoms with Gasteiger partial charge in [0.05, 0.1) is 6.26 Å². The largest absolute Gasteiger partial charge is 0.464 e. The van der Waals surface area contributed by atoms with Crippen LogP contribution in [0, 0.1) is 0 Å². The molecule has 2 nitrogen and oxygen atoms in total. The van der Waals surface area contributed by atoms with Crippen LogP contribution in [0.2, 0.25) is 0 Å². The Hall–Kier alpha value is -2.06. The van der Waals surface area contributed by atoms with Gasteiger partial charge in [0.15, 0.2) is 0 Å². The molecule has 22 heavy (non-hydrogen) atoms. The first-order valence-corrected chi connectivity index (χ1v) is 8.12. The van der Waals surface area contributed by atoms with Crippen molar-refractivity contribution >= 4 is 11.0 Å². The Morgan fingerprint density at radius 3 is 2.45 bits per heavy atom. The van der Waals surface area contributed by atoms with Crippen LogP contribution in [-0.2, 0) is 6.54 Å². The van der Waals surface area contributed by atoms with Gasteiger partial charge in [-0.15, -0.1) is 0 Å². The summed E-state index contributed by atoms with van der Waals surface area (Å²) in [5.41, 5.74) is 3.83. The third-order valence-electron chi connectivity index (χ3n) is 4.79. The molecule has 0 saturated carbocycles. The van der Waals surface area contributed by atoms with Crippen LogP contribution in [0.1, 0.15) is 29.9 Å². The number of hydrogen-bond donors (Lipinski definition) is 0. The van der Waals surface area contributed by atoms with Crippen LogP contribution in [0.4, 0.5) is 0 Å². The van der Waals surface area contributed by atoms with Crippen molar-refractivity contribution in [3.8, 4) is 0 Å². The fourth-order valence-electron chi connectivity index (χ4n) is 3.56. The maximum absolute atomic E-state index is 5.71. The first-order valence-electron chi connectivity index (χ1n) is 8.12. The summed E-state index contributed by atoms with van der Waals surface area (Å²) in [4.78, 5) is 2.56. The average molecular weight is 291 g/mol. The molecule has 2 aromatic carbocycles. The quantitative estimate of drug-likeness (QED) is 0.688. The van der Waals surface area contributed by atoms with Gasteiger partial charge in [-0.3, -0.25) is 4.90 Å². The number of furan rings is 1. The molecule has 112 valence electrons. The lowest BCUT2D eigenvalue weighted by Gasteiger charge is -2.31. The van der Waals surface area contributed by atoms with Gasteiger partial charge >= 0.3 is 0 Å². The molecule has 1 aliphatic heterocycles. The number of para-hydroxylation sites is 1. The Morgan fingerprint density at radius 2 is 1.64 bits per heavy atom. The predicted octanol–water partition coefficient (Wildman–Crippen LogP) is 4.81. The SMILES string of the molecule is c1ccc(CN2CCC(c3coc4ccccc34)CC2)cc1. The van der Waals surface area contributed by atoms with Gasteiger partial charge in [0, 0.05) is 17.5 Å². The second-order valence-corrected chi connectivity index (χ2v) is 6.22. The summed E-state index contributed by atoms with van der Waals surface area (Å²) in [6, 6.07) is 19.2. The van der Waals surface area contributed by atoms with E-state index in [1.807, 2.05) is 12.3 Å². The molecule has 2 heteroatoms. The lowest BCUT2D eigenvalue weighted by molar-refractivity contribution is 0.204. The zero-order chi connectivity index (χ0) is 14.8. The van der Waals surface area contributed by atoms with Gasteiger partial charge in [0.2, 0.25) is 0 Å². The molecule has 0 unspecified atom stereocenters. The van der Waals surface area contributed by atoms with Crippen molar-refractivity contribution < 1.29 is 4.42 Å². The lowest BCUT2D eigenvalue weighted by atomic mass is 9.89. The van der Waals surface area contributed by atoms with E-state index in [2.05, 4.69) is 53.4 Å². The Bertz CT molecular complexity index is 739. The van der Waals surface area contributed by atoms with E-state index in [0.717, 1.165) is 12.1 Å². The van der Waals surface area contributed by atoms with Gasteiger partial charge in [0.1, 0.15) is 5.58 Å². The van der Waals surface area contributed by atoms with E-state index in [9.17, 15) is 0 Å². The number of fused-ring (bicyclic) bond motifs is 1. The monoisotopic (exact) mass is 291 g/mol. The molecule has 0 N–H and O–H groups in total. The molecule has 0 aliphatic carbocycles. The highest BCUT2D eigenvalue weighted by Crippen LogP contribution is 2.34. The minimum atomic E-state index is 0.635. The van der Waals surface area contributed by atoms with E-state index in [1.54, 1.807) is 0 Å². The molecule has 0 radical (unpaired) electrons. The lowest BCUT2D eigenvalue weighted by Crippen LogP contribution is -2.32. The second kappa shape index (κ2) is 5.98. The maximum atomic E-state index is 5.71. The molecular weight excluding hydrogens is 270 g/mol. The van der Waals surface area contributed by atoms with Crippen LogP contribution in [0.25, 0.3) is 11.0 Å². The summed E-state index contributed by atoms with van der Waals surface area (Å²) in [5, 5.41) is 1.30. The van der Waals surface area contributed by atoms with Gasteiger partial charge in [-0.25, -0.2) is 0 Å². The minimum Gasteiger partial charge on any atom is -0.464 e. The summed E-state index contributed by atoms with van der Waals surface area (Å²) < 4.78 is 5.71. The number of likely N-dealkylation sites (tertiary alicyclic amines) is 1. The summed E-state index contributed by atoms with van der Waals surface area (Å²) >= 11 is 0. The van der Waals surface area contributed by atoms with Crippen LogP contribution in [-0.4, -0.2) is 18.0 Å². The van der Waals surface area contributed by atoms with Crippen molar-refractivity contribution in [2.45, 2.75) is 25.3 Å². The smallest absolute Gasteiger partial charge is 0.134 e. The first kappa shape index (κ1) is 13.6. The predicted molar refractivity (Wildman–Crippen MR) is 89.9 cm³/mol. The van der Waals surface area contributed by atoms with Crippen molar-refractivity contribution in [3.63, 3.8) is 0 Å². The highest BCUT2D eigenvalue weighted by molar-refractivity contribution is 5.81. The molecule has 1 fully saturated rings. The standard InChI is InChI=1S/C20H21NO/c1-2-6-16(7-3-1)14-21-12-10-17(11-13-21)19-15-22-20-9-5-4-8-18(19)20/h1-9,15,17H,10-14H2. The van der Waals surface area contributed by atoms with E-state index < -0.39 is 0 Å². The Kier molecular flexibility index (Phi) is 3.69. The highest BCUT2D eigenvalue weighted by Gasteiger charge is 2.23. The normalized spacial score (nSPS) is 17.1. The molecular formula is C20H21NO.